The van der Waals surface area contributed by atoms with Gasteiger partial charge in [0.25, 0.3) is 0 Å². The molecule has 1 aliphatic heterocycles. The predicted octanol–water partition coefficient (Wildman–Crippen LogP) is 3.07. The largest absolute Gasteiger partial charge is 0.393 e. The van der Waals surface area contributed by atoms with Crippen LogP contribution in [0.4, 0.5) is 24.7 Å². The molecule has 1 aromatic carbocycles. The Balaban J connectivity index is 1.56. The number of benzene rings is 1. The lowest BCUT2D eigenvalue weighted by Gasteiger charge is -2.28. The maximum Gasteiger partial charge on any atom is 0.244 e. The topological polar surface area (TPSA) is 100 Å². The third-order valence-electron chi connectivity index (χ3n) is 5.72. The number of aliphatic hydroxyl groups is 1. The summed E-state index contributed by atoms with van der Waals surface area (Å²) in [6.07, 6.45) is 3.21. The first-order valence-electron chi connectivity index (χ1n) is 10.2. The van der Waals surface area contributed by atoms with Crippen LogP contribution in [-0.4, -0.2) is 51.8 Å². The molecule has 0 spiro atoms. The number of hydrogen-bond donors (Lipinski definition) is 2. The fraction of sp³-hybridized carbons (Fsp3) is 0.400. The molecule has 1 saturated carbocycles. The van der Waals surface area contributed by atoms with Crippen LogP contribution in [0.3, 0.4) is 0 Å². The third-order valence-corrected chi connectivity index (χ3v) is 7.59. The number of pyridine rings is 1. The van der Waals surface area contributed by atoms with Gasteiger partial charge in [0.15, 0.2) is 28.9 Å². The molecule has 8 nitrogen and oxygen atoms in total. The lowest BCUT2D eigenvalue weighted by atomic mass is 10.1. The first-order chi connectivity index (χ1) is 15.2. The number of rotatable bonds is 5. The second kappa shape index (κ2) is 7.71. The molecule has 170 valence electrons. The summed E-state index contributed by atoms with van der Waals surface area (Å²) >= 11 is 0. The van der Waals surface area contributed by atoms with Gasteiger partial charge in [0.2, 0.25) is 10.0 Å². The van der Waals surface area contributed by atoms with Gasteiger partial charge in [-0.15, -0.1) is 0 Å². The predicted molar refractivity (Wildman–Crippen MR) is 109 cm³/mol. The van der Waals surface area contributed by atoms with E-state index >= 15 is 0 Å². The van der Waals surface area contributed by atoms with Crippen LogP contribution in [0.2, 0.25) is 0 Å². The van der Waals surface area contributed by atoms with Crippen molar-refractivity contribution in [1.29, 1.82) is 0 Å². The summed E-state index contributed by atoms with van der Waals surface area (Å²) in [4.78, 5) is 4.28. The molecular formula is C20H20F3N5O3S. The number of anilines is 2. The van der Waals surface area contributed by atoms with E-state index in [0.717, 1.165) is 25.0 Å². The zero-order valence-corrected chi connectivity index (χ0v) is 17.6. The normalized spacial score (nSPS) is 18.4. The summed E-state index contributed by atoms with van der Waals surface area (Å²) in [6, 6.07) is 3.13. The fourth-order valence-corrected chi connectivity index (χ4v) is 5.25. The van der Waals surface area contributed by atoms with E-state index in [1.165, 1.54) is 16.6 Å². The van der Waals surface area contributed by atoms with Crippen molar-refractivity contribution >= 4 is 32.6 Å². The van der Waals surface area contributed by atoms with Crippen LogP contribution in [0.15, 0.2) is 29.3 Å². The van der Waals surface area contributed by atoms with E-state index in [4.69, 9.17) is 0 Å². The monoisotopic (exact) mass is 467 g/mol. The third kappa shape index (κ3) is 3.71. The van der Waals surface area contributed by atoms with Gasteiger partial charge in [0.05, 0.1) is 17.5 Å². The quantitative estimate of drug-likeness (QED) is 0.560. The van der Waals surface area contributed by atoms with Gasteiger partial charge in [0.1, 0.15) is 4.90 Å². The summed E-state index contributed by atoms with van der Waals surface area (Å²) in [5, 5.41) is 17.2. The van der Waals surface area contributed by atoms with Crippen molar-refractivity contribution in [2.45, 2.75) is 42.7 Å². The van der Waals surface area contributed by atoms with Crippen LogP contribution in [0.25, 0.3) is 11.0 Å². The molecule has 12 heteroatoms. The van der Waals surface area contributed by atoms with E-state index in [9.17, 15) is 26.7 Å². The average molecular weight is 467 g/mol. The van der Waals surface area contributed by atoms with Crippen molar-refractivity contribution in [3.8, 4) is 0 Å². The molecule has 0 bridgehead atoms. The number of halogens is 3. The van der Waals surface area contributed by atoms with Gasteiger partial charge in [0, 0.05) is 37.1 Å². The summed E-state index contributed by atoms with van der Waals surface area (Å²) in [6.45, 7) is 0.393. The fourth-order valence-electron chi connectivity index (χ4n) is 3.81. The molecule has 2 aromatic heterocycles. The summed E-state index contributed by atoms with van der Waals surface area (Å²) in [7, 11) is -3.86. The highest BCUT2D eigenvalue weighted by Crippen LogP contribution is 2.39. The molecular weight excluding hydrogens is 447 g/mol. The van der Waals surface area contributed by atoms with E-state index in [1.807, 2.05) is 0 Å². The molecule has 0 unspecified atom stereocenters. The Morgan fingerprint density at radius 3 is 2.31 bits per heavy atom. The van der Waals surface area contributed by atoms with E-state index in [-0.39, 0.29) is 35.5 Å². The van der Waals surface area contributed by atoms with Crippen molar-refractivity contribution in [2.24, 2.45) is 0 Å². The molecule has 32 heavy (non-hydrogen) atoms. The first kappa shape index (κ1) is 21.2. The summed E-state index contributed by atoms with van der Waals surface area (Å²) in [5.41, 5.74) is 0.369. The zero-order chi connectivity index (χ0) is 22.6. The maximum absolute atomic E-state index is 13.7. The van der Waals surface area contributed by atoms with Gasteiger partial charge in [-0.05, 0) is 31.7 Å². The van der Waals surface area contributed by atoms with E-state index < -0.39 is 33.6 Å². The van der Waals surface area contributed by atoms with Gasteiger partial charge in [-0.1, -0.05) is 0 Å². The van der Waals surface area contributed by atoms with Crippen LogP contribution in [0.5, 0.6) is 0 Å². The molecule has 1 aliphatic carbocycles. The number of hydrogen-bond acceptors (Lipinski definition) is 6. The highest BCUT2D eigenvalue weighted by Gasteiger charge is 2.32. The molecule has 2 aliphatic rings. The Kier molecular flexibility index (Phi) is 5.10. The second-order valence-corrected chi connectivity index (χ2v) is 10.0. The van der Waals surface area contributed by atoms with E-state index in [0.29, 0.717) is 23.9 Å². The number of fused-ring (bicyclic) bond motifs is 1. The number of sulfonamides is 1. The van der Waals surface area contributed by atoms with Gasteiger partial charge in [-0.2, -0.15) is 9.40 Å². The SMILES string of the molecule is O=S(=O)(c1cnc2c(c1)c(Nc1cc(F)c(F)c(F)c1)nn2C1CC1)N1CCC(O)CC1. The smallest absolute Gasteiger partial charge is 0.244 e. The molecule has 0 amide bonds. The van der Waals surface area contributed by atoms with Gasteiger partial charge < -0.3 is 10.4 Å². The Labute approximate surface area is 181 Å². The van der Waals surface area contributed by atoms with Crippen LogP contribution in [-0.2, 0) is 10.0 Å². The van der Waals surface area contributed by atoms with Crippen LogP contribution >= 0.6 is 0 Å². The minimum absolute atomic E-state index is 0.0451. The number of piperidine rings is 1. The minimum atomic E-state index is -3.86. The molecule has 2 fully saturated rings. The van der Waals surface area contributed by atoms with Crippen molar-refractivity contribution in [3.63, 3.8) is 0 Å². The van der Waals surface area contributed by atoms with Crippen LogP contribution in [0.1, 0.15) is 31.7 Å². The van der Waals surface area contributed by atoms with Gasteiger partial charge in [-0.3, -0.25) is 0 Å². The Bertz CT molecular complexity index is 1280. The van der Waals surface area contributed by atoms with Crippen molar-refractivity contribution in [2.75, 3.05) is 18.4 Å². The summed E-state index contributed by atoms with van der Waals surface area (Å²) < 4.78 is 69.8. The van der Waals surface area contributed by atoms with Crippen molar-refractivity contribution in [1.82, 2.24) is 19.1 Å². The molecule has 1 saturated heterocycles. The minimum Gasteiger partial charge on any atom is -0.393 e. The Morgan fingerprint density at radius 2 is 1.69 bits per heavy atom. The van der Waals surface area contributed by atoms with Gasteiger partial charge >= 0.3 is 0 Å². The highest BCUT2D eigenvalue weighted by molar-refractivity contribution is 7.89. The van der Waals surface area contributed by atoms with Crippen LogP contribution in [0, 0.1) is 17.5 Å². The standard InChI is InChI=1S/C20H20F3N5O3S/c21-16-7-11(8-17(22)18(16)23)25-19-15-9-14(10-24-20(15)28(26-19)12-1-2-12)32(30,31)27-5-3-13(29)4-6-27/h7-10,12-13,29H,1-6H2,(H,25,26). The number of nitrogens with zero attached hydrogens (tertiary/aromatic N) is 4. The Hall–Kier alpha value is -2.70. The molecule has 3 aromatic rings. The van der Waals surface area contributed by atoms with Crippen molar-refractivity contribution < 1.29 is 26.7 Å². The average Bonchev–Trinajstić information content (AvgIpc) is 3.55. The lowest BCUT2D eigenvalue weighted by molar-refractivity contribution is 0.113. The second-order valence-electron chi connectivity index (χ2n) is 8.08. The molecule has 5 rings (SSSR count). The number of aliphatic hydroxyl groups excluding tert-OH is 1. The molecule has 0 radical (unpaired) electrons. The Morgan fingerprint density at radius 1 is 1.03 bits per heavy atom. The number of aromatic nitrogens is 3. The summed E-state index contributed by atoms with van der Waals surface area (Å²) in [5.74, 6) is -4.12. The molecule has 2 N–H and O–H groups in total. The number of nitrogens with one attached hydrogen (secondary N) is 1. The zero-order valence-electron chi connectivity index (χ0n) is 16.8. The maximum atomic E-state index is 13.7. The molecule has 3 heterocycles. The van der Waals surface area contributed by atoms with Crippen LogP contribution < -0.4 is 5.32 Å². The van der Waals surface area contributed by atoms with E-state index in [2.05, 4.69) is 15.4 Å². The van der Waals surface area contributed by atoms with Crippen molar-refractivity contribution in [3.05, 3.63) is 41.8 Å². The van der Waals surface area contributed by atoms with Gasteiger partial charge in [-0.25, -0.2) is 31.3 Å². The highest BCUT2D eigenvalue weighted by atomic mass is 32.2. The first-order valence-corrected chi connectivity index (χ1v) is 11.7. The molecule has 0 atom stereocenters. The lowest BCUT2D eigenvalue weighted by Crippen LogP contribution is -2.40. The van der Waals surface area contributed by atoms with E-state index in [1.54, 1.807) is 4.68 Å².